The number of amides is 3. The predicted molar refractivity (Wildman–Crippen MR) is 209 cm³/mol. The molecule has 282 valence electrons. The number of allylic oxidation sites excluding steroid dienone is 8. The zero-order valence-electron chi connectivity index (χ0n) is 31.6. The molecule has 0 aromatic carbocycles. The van der Waals surface area contributed by atoms with Crippen molar-refractivity contribution in [1.82, 2.24) is 35.1 Å². The molecule has 6 atom stereocenters. The van der Waals surface area contributed by atoms with Gasteiger partial charge >= 0.3 is 6.09 Å². The van der Waals surface area contributed by atoms with E-state index >= 15 is 0 Å². The van der Waals surface area contributed by atoms with E-state index in [0.29, 0.717) is 40.5 Å². The molecule has 2 aliphatic carbocycles. The minimum absolute atomic E-state index is 0.0435. The van der Waals surface area contributed by atoms with Crippen LogP contribution in [0, 0.1) is 17.8 Å². The van der Waals surface area contributed by atoms with Gasteiger partial charge in [-0.1, -0.05) is 45.9 Å². The number of aromatic nitrogens is 4. The maximum atomic E-state index is 13.6. The molecule has 0 saturated carbocycles. The molecule has 0 spiro atoms. The third kappa shape index (κ3) is 6.87. The van der Waals surface area contributed by atoms with Crippen molar-refractivity contribution in [2.24, 2.45) is 17.8 Å². The molecule has 6 unspecified atom stereocenters. The number of alkyl carbamates (subject to hydrolysis) is 1. The average molecular weight is 740 g/mol. The number of hydrogen-bond acceptors (Lipinski definition) is 6. The van der Waals surface area contributed by atoms with Gasteiger partial charge in [0.05, 0.1) is 43.0 Å². The summed E-state index contributed by atoms with van der Waals surface area (Å²) in [5.41, 5.74) is 9.16. The number of methoxy groups -OCH3 is 1. The molecule has 8 rings (SSSR count). The van der Waals surface area contributed by atoms with Gasteiger partial charge in [-0.3, -0.25) is 9.59 Å². The number of rotatable bonds is 10. The van der Waals surface area contributed by atoms with Crippen molar-refractivity contribution in [3.63, 3.8) is 0 Å². The summed E-state index contributed by atoms with van der Waals surface area (Å²) in [6, 6.07) is -0.764. The molecule has 53 heavy (non-hydrogen) atoms. The van der Waals surface area contributed by atoms with Crippen molar-refractivity contribution in [2.75, 3.05) is 26.0 Å². The monoisotopic (exact) mass is 739 g/mol. The molecule has 3 N–H and O–H groups in total. The van der Waals surface area contributed by atoms with E-state index in [-0.39, 0.29) is 29.8 Å². The maximum Gasteiger partial charge on any atom is 0.407 e. The molecule has 6 heterocycles. The average Bonchev–Trinajstić information content (AvgIpc) is 3.83. The van der Waals surface area contributed by atoms with Crippen LogP contribution in [0.2, 0.25) is 0 Å². The second-order valence-electron chi connectivity index (χ2n) is 16.2. The van der Waals surface area contributed by atoms with Crippen LogP contribution in [0.25, 0.3) is 11.1 Å². The fraction of sp³-hybridized carbons (Fsp3) is 0.561. The van der Waals surface area contributed by atoms with Crippen LogP contribution in [-0.4, -0.2) is 90.3 Å². The molecule has 3 saturated heterocycles. The molecule has 0 radical (unpaired) electrons. The Hall–Kier alpha value is -4.19. The molecule has 6 aliphatic rings. The molecular weight excluding hydrogens is 687 g/mol. The van der Waals surface area contributed by atoms with E-state index in [0.717, 1.165) is 74.5 Å². The first-order valence-corrected chi connectivity index (χ1v) is 21.0. The Morgan fingerprint density at radius 2 is 1.60 bits per heavy atom. The van der Waals surface area contributed by atoms with Crippen LogP contribution < -0.4 is 5.32 Å². The first kappa shape index (κ1) is 35.8. The quantitative estimate of drug-likeness (QED) is 0.180. The van der Waals surface area contributed by atoms with Crippen molar-refractivity contribution < 1.29 is 19.1 Å². The van der Waals surface area contributed by atoms with Crippen LogP contribution in [0.4, 0.5) is 4.79 Å². The Morgan fingerprint density at radius 3 is 2.28 bits per heavy atom. The summed E-state index contributed by atoms with van der Waals surface area (Å²) < 4.78 is 4.78. The molecule has 12 heteroatoms. The van der Waals surface area contributed by atoms with Crippen LogP contribution in [-0.2, 0) is 14.3 Å². The summed E-state index contributed by atoms with van der Waals surface area (Å²) in [5.74, 6) is 3.84. The molecule has 2 aromatic rings. The standard InChI is InChI=1S/C41H53N7O4S/c1-23(2)18-35(49)47-16-6-8-32(47)38-43-20-31(45-38)28-15-14-27(29-21-53-22-34(53)36(28)29)25-10-12-26(13-11-25)30-19-42-39(44-30)33-9-7-17-48(33)40(50)37(24(3)4)46-41(51)52-5/h10,12,15,19-21,23-24,32-34,36-37H,6-9,11,13-14,16-18,22H2,1-5H3,(H,42,44)(H,43,45)(H,46,51). The zero-order valence-corrected chi connectivity index (χ0v) is 32.4. The molecule has 3 fully saturated rings. The lowest BCUT2D eigenvalue weighted by Crippen LogP contribution is -2.51. The highest BCUT2D eigenvalue weighted by molar-refractivity contribution is 8.22. The third-order valence-corrected chi connectivity index (χ3v) is 14.0. The van der Waals surface area contributed by atoms with Crippen molar-refractivity contribution in [3.05, 3.63) is 70.4 Å². The van der Waals surface area contributed by atoms with Gasteiger partial charge in [0.25, 0.3) is 0 Å². The van der Waals surface area contributed by atoms with E-state index in [1.54, 1.807) is 0 Å². The van der Waals surface area contributed by atoms with E-state index in [9.17, 15) is 14.4 Å². The molecule has 4 aliphatic heterocycles. The first-order valence-electron chi connectivity index (χ1n) is 19.5. The minimum atomic E-state index is -0.655. The van der Waals surface area contributed by atoms with Gasteiger partial charge in [-0.05, 0) is 90.0 Å². The number of likely N-dealkylation sites (tertiary alicyclic amines) is 2. The summed E-state index contributed by atoms with van der Waals surface area (Å²) in [7, 11) is 1.68. The first-order chi connectivity index (χ1) is 25.6. The second kappa shape index (κ2) is 14.6. The maximum absolute atomic E-state index is 13.6. The van der Waals surface area contributed by atoms with Gasteiger partial charge in [0.2, 0.25) is 11.8 Å². The van der Waals surface area contributed by atoms with Crippen LogP contribution >= 0.6 is 10.5 Å². The number of H-pyrrole nitrogens is 2. The van der Waals surface area contributed by atoms with E-state index in [1.807, 2.05) is 36.0 Å². The fourth-order valence-electron chi connectivity index (χ4n) is 9.11. The number of ether oxygens (including phenoxy) is 1. The second-order valence-corrected chi connectivity index (χ2v) is 18.3. The Bertz CT molecular complexity index is 1960. The highest BCUT2D eigenvalue weighted by Crippen LogP contribution is 2.59. The number of carbonyl (C=O) groups excluding carboxylic acids is 3. The number of nitrogens with zero attached hydrogens (tertiary/aromatic N) is 4. The van der Waals surface area contributed by atoms with Crippen LogP contribution in [0.15, 0.2) is 47.3 Å². The van der Waals surface area contributed by atoms with Crippen molar-refractivity contribution in [3.8, 4) is 0 Å². The Kier molecular flexibility index (Phi) is 9.84. The van der Waals surface area contributed by atoms with Gasteiger partial charge in [0.15, 0.2) is 0 Å². The summed E-state index contributed by atoms with van der Waals surface area (Å²) in [4.78, 5) is 59.4. The highest BCUT2D eigenvalue weighted by Gasteiger charge is 2.48. The van der Waals surface area contributed by atoms with Crippen LogP contribution in [0.1, 0.15) is 114 Å². The number of nitrogens with one attached hydrogen (secondary N) is 3. The molecular formula is C41H53N7O4S. The SMILES string of the molecule is COC(=O)NC(C(=O)N1CCCC1c1ncc(C2=CC=C(C3=C4C=S5CC5C4C(c4cnc(C5CCCN5C(=O)CC(C)C)[nH]4)=CC3)CC2)[nH]1)C(C)C. The van der Waals surface area contributed by atoms with E-state index < -0.39 is 12.1 Å². The van der Waals surface area contributed by atoms with Gasteiger partial charge in [-0.2, -0.15) is 10.5 Å². The van der Waals surface area contributed by atoms with Crippen LogP contribution in [0.3, 0.4) is 0 Å². The predicted octanol–water partition coefficient (Wildman–Crippen LogP) is 6.86. The largest absolute Gasteiger partial charge is 0.453 e. The summed E-state index contributed by atoms with van der Waals surface area (Å²) >= 11 is 0. The van der Waals surface area contributed by atoms with E-state index in [1.165, 1.54) is 40.7 Å². The number of imidazole rings is 2. The summed E-state index contributed by atoms with van der Waals surface area (Å²) in [6.45, 7) is 9.52. The normalized spacial score (nSPS) is 26.9. The smallest absolute Gasteiger partial charge is 0.407 e. The summed E-state index contributed by atoms with van der Waals surface area (Å²) in [5, 5.41) is 6.01. The Balaban J connectivity index is 0.971. The van der Waals surface area contributed by atoms with Crippen molar-refractivity contribution in [1.29, 1.82) is 0 Å². The fourth-order valence-corrected chi connectivity index (χ4v) is 11.4. The zero-order chi connectivity index (χ0) is 37.0. The minimum Gasteiger partial charge on any atom is -0.453 e. The van der Waals surface area contributed by atoms with Gasteiger partial charge in [0.1, 0.15) is 17.7 Å². The van der Waals surface area contributed by atoms with Crippen LogP contribution in [0.5, 0.6) is 0 Å². The Labute approximate surface area is 314 Å². The van der Waals surface area contributed by atoms with Gasteiger partial charge in [-0.25, -0.2) is 14.8 Å². The summed E-state index contributed by atoms with van der Waals surface area (Å²) in [6.07, 6.45) is 17.4. The highest BCUT2D eigenvalue weighted by atomic mass is 32.2. The molecule has 3 amide bonds. The van der Waals surface area contributed by atoms with Crippen molar-refractivity contribution in [2.45, 2.75) is 102 Å². The lowest BCUT2D eigenvalue weighted by molar-refractivity contribution is -0.135. The Morgan fingerprint density at radius 1 is 0.943 bits per heavy atom. The van der Waals surface area contributed by atoms with Gasteiger partial charge < -0.3 is 29.8 Å². The van der Waals surface area contributed by atoms with E-state index in [2.05, 4.69) is 52.7 Å². The number of aromatic amines is 2. The third-order valence-electron chi connectivity index (χ3n) is 11.9. The topological polar surface area (TPSA) is 136 Å². The molecule has 0 bridgehead atoms. The van der Waals surface area contributed by atoms with Gasteiger partial charge in [-0.15, -0.1) is 0 Å². The van der Waals surface area contributed by atoms with Crippen molar-refractivity contribution >= 4 is 44.9 Å². The number of hydrogen-bond donors (Lipinski definition) is 3. The lowest BCUT2D eigenvalue weighted by Gasteiger charge is -2.30. The molecule has 11 nitrogen and oxygen atoms in total. The van der Waals surface area contributed by atoms with E-state index in [4.69, 9.17) is 14.7 Å². The number of carbonyl (C=O) groups is 3. The number of fused-ring (bicyclic) bond motifs is 3. The molecule has 2 aromatic heterocycles. The van der Waals surface area contributed by atoms with Gasteiger partial charge in [0, 0.05) is 36.4 Å². The lowest BCUT2D eigenvalue weighted by atomic mass is 9.76.